The topological polar surface area (TPSA) is 93.1 Å². The zero-order valence-corrected chi connectivity index (χ0v) is 12.8. The average molecular weight is 308 g/mol. The Morgan fingerprint density at radius 1 is 1.36 bits per heavy atom. The van der Waals surface area contributed by atoms with E-state index < -0.39 is 30.1 Å². The van der Waals surface area contributed by atoms with Crippen molar-refractivity contribution in [2.24, 2.45) is 0 Å². The Morgan fingerprint density at radius 2 is 2.05 bits per heavy atom. The number of aliphatic carboxylic acids is 1. The van der Waals surface area contributed by atoms with Gasteiger partial charge in [0.15, 0.2) is 5.60 Å². The highest BCUT2D eigenvalue weighted by Crippen LogP contribution is 2.20. The summed E-state index contributed by atoms with van der Waals surface area (Å²) < 4.78 is 9.99. The molecule has 0 radical (unpaired) electrons. The van der Waals surface area contributed by atoms with Gasteiger partial charge in [-0.3, -0.25) is 4.79 Å². The highest BCUT2D eigenvalue weighted by Gasteiger charge is 2.38. The maximum Gasteiger partial charge on any atom is 0.343 e. The van der Waals surface area contributed by atoms with E-state index in [4.69, 9.17) is 14.6 Å². The molecule has 0 heterocycles. The molecule has 0 spiro atoms. The summed E-state index contributed by atoms with van der Waals surface area (Å²) in [5, 5.41) is 19.2. The summed E-state index contributed by atoms with van der Waals surface area (Å²) in [6, 6.07) is 6.90. The number of rotatable bonds is 7. The van der Waals surface area contributed by atoms with Gasteiger partial charge in [-0.2, -0.15) is 0 Å². The minimum Gasteiger partial charge on any atom is -0.497 e. The van der Waals surface area contributed by atoms with Gasteiger partial charge in [-0.15, -0.1) is 0 Å². The predicted octanol–water partition coefficient (Wildman–Crippen LogP) is 1.87. The van der Waals surface area contributed by atoms with E-state index in [2.05, 4.69) is 0 Å². The second-order valence-corrected chi connectivity index (χ2v) is 5.06. The zero-order valence-electron chi connectivity index (χ0n) is 12.8. The van der Waals surface area contributed by atoms with E-state index in [0.717, 1.165) is 6.08 Å². The first-order valence-corrected chi connectivity index (χ1v) is 6.75. The Kier molecular flexibility index (Phi) is 6.12. The van der Waals surface area contributed by atoms with Gasteiger partial charge in [0.1, 0.15) is 5.75 Å². The van der Waals surface area contributed by atoms with E-state index in [9.17, 15) is 14.7 Å². The van der Waals surface area contributed by atoms with Crippen LogP contribution in [0.3, 0.4) is 0 Å². The quantitative estimate of drug-likeness (QED) is 0.747. The molecule has 0 saturated carbocycles. The summed E-state index contributed by atoms with van der Waals surface area (Å²) in [4.78, 5) is 22.8. The maximum atomic E-state index is 11.9. The summed E-state index contributed by atoms with van der Waals surface area (Å²) in [7, 11) is 1.52. The monoisotopic (exact) mass is 308 g/mol. The van der Waals surface area contributed by atoms with Crippen LogP contribution in [0.1, 0.15) is 25.8 Å². The molecule has 1 atom stereocenters. The fourth-order valence-corrected chi connectivity index (χ4v) is 1.73. The molecule has 0 saturated heterocycles. The third kappa shape index (κ3) is 5.21. The minimum absolute atomic E-state index is 0.460. The smallest absolute Gasteiger partial charge is 0.343 e. The molecule has 0 amide bonds. The van der Waals surface area contributed by atoms with E-state index >= 15 is 0 Å². The van der Waals surface area contributed by atoms with Crippen molar-refractivity contribution in [1.82, 2.24) is 0 Å². The van der Waals surface area contributed by atoms with Crippen LogP contribution in [0.5, 0.6) is 5.75 Å². The second kappa shape index (κ2) is 7.61. The lowest BCUT2D eigenvalue weighted by atomic mass is 9.98. The molecule has 1 unspecified atom stereocenters. The van der Waals surface area contributed by atoms with Gasteiger partial charge in [0.25, 0.3) is 0 Å². The fourth-order valence-electron chi connectivity index (χ4n) is 1.73. The number of benzene rings is 1. The van der Waals surface area contributed by atoms with E-state index in [0.29, 0.717) is 11.3 Å². The number of aliphatic hydroxyl groups is 1. The molecular formula is C16H20O6. The molecule has 2 N–H and O–H groups in total. The van der Waals surface area contributed by atoms with Crippen LogP contribution in [-0.4, -0.2) is 41.0 Å². The van der Waals surface area contributed by atoms with Crippen LogP contribution in [0.25, 0.3) is 6.08 Å². The lowest BCUT2D eigenvalue weighted by Gasteiger charge is -2.22. The van der Waals surface area contributed by atoms with Gasteiger partial charge in [-0.05, 0) is 37.6 Å². The van der Waals surface area contributed by atoms with Crippen molar-refractivity contribution < 1.29 is 29.3 Å². The number of esters is 1. The van der Waals surface area contributed by atoms with Crippen LogP contribution in [0.2, 0.25) is 0 Å². The third-order valence-corrected chi connectivity index (χ3v) is 2.76. The van der Waals surface area contributed by atoms with Crippen molar-refractivity contribution in [3.8, 4) is 5.75 Å². The van der Waals surface area contributed by atoms with Gasteiger partial charge >= 0.3 is 11.9 Å². The van der Waals surface area contributed by atoms with Crippen molar-refractivity contribution in [2.75, 3.05) is 7.11 Å². The first kappa shape index (κ1) is 17.7. The summed E-state index contributed by atoms with van der Waals surface area (Å²) in [6.45, 7) is 3.23. The number of hydrogen-bond donors (Lipinski definition) is 2. The highest BCUT2D eigenvalue weighted by molar-refractivity contribution is 5.88. The van der Waals surface area contributed by atoms with Gasteiger partial charge < -0.3 is 19.7 Å². The molecule has 6 heteroatoms. The molecule has 0 aliphatic rings. The van der Waals surface area contributed by atoms with Gasteiger partial charge in [0.05, 0.1) is 19.6 Å². The summed E-state index contributed by atoms with van der Waals surface area (Å²) in [5.74, 6) is -1.70. The van der Waals surface area contributed by atoms with E-state index in [1.807, 2.05) is 0 Å². The maximum absolute atomic E-state index is 11.9. The zero-order chi connectivity index (χ0) is 16.8. The van der Waals surface area contributed by atoms with Crippen LogP contribution in [-0.2, 0) is 14.3 Å². The Bertz CT molecular complexity index is 564. The van der Waals surface area contributed by atoms with E-state index in [1.165, 1.54) is 13.2 Å². The Labute approximate surface area is 129 Å². The Balaban J connectivity index is 3.03. The summed E-state index contributed by atoms with van der Waals surface area (Å²) >= 11 is 0. The molecule has 1 aromatic rings. The molecular weight excluding hydrogens is 288 g/mol. The third-order valence-electron chi connectivity index (χ3n) is 2.76. The highest BCUT2D eigenvalue weighted by atomic mass is 16.6. The van der Waals surface area contributed by atoms with E-state index in [-0.39, 0.29) is 0 Å². The molecule has 0 aromatic heterocycles. The number of ether oxygens (including phenoxy) is 2. The second-order valence-electron chi connectivity index (χ2n) is 5.06. The standard InChI is InChI=1S/C16H20O6/c1-11(2)22-15(19)16(20,10-14(17)18)8-7-12-5-4-6-13(9-12)21-3/h4-9,11,20H,10H2,1-3H3,(H,17,18)/b8-7+. The van der Waals surface area contributed by atoms with Gasteiger partial charge in [-0.25, -0.2) is 4.79 Å². The van der Waals surface area contributed by atoms with Crippen molar-refractivity contribution in [1.29, 1.82) is 0 Å². The van der Waals surface area contributed by atoms with Crippen LogP contribution < -0.4 is 4.74 Å². The SMILES string of the molecule is COc1cccc(/C=C/C(O)(CC(=O)O)C(=O)OC(C)C)c1. The lowest BCUT2D eigenvalue weighted by molar-refractivity contribution is -0.169. The van der Waals surface area contributed by atoms with Crippen molar-refractivity contribution in [3.05, 3.63) is 35.9 Å². The Morgan fingerprint density at radius 3 is 2.59 bits per heavy atom. The molecule has 1 aromatic carbocycles. The van der Waals surface area contributed by atoms with Gasteiger partial charge in [0, 0.05) is 0 Å². The molecule has 120 valence electrons. The molecule has 0 aliphatic heterocycles. The lowest BCUT2D eigenvalue weighted by Crippen LogP contribution is -2.41. The fraction of sp³-hybridized carbons (Fsp3) is 0.375. The molecule has 0 bridgehead atoms. The molecule has 0 aliphatic carbocycles. The number of hydrogen-bond acceptors (Lipinski definition) is 5. The number of carbonyl (C=O) groups excluding carboxylic acids is 1. The molecule has 1 rings (SSSR count). The number of carbonyl (C=O) groups is 2. The number of methoxy groups -OCH3 is 1. The Hall–Kier alpha value is -2.34. The van der Waals surface area contributed by atoms with Crippen molar-refractivity contribution >= 4 is 18.0 Å². The van der Waals surface area contributed by atoms with E-state index in [1.54, 1.807) is 38.1 Å². The number of carboxylic acid groups (broad SMARTS) is 1. The van der Waals surface area contributed by atoms with Crippen LogP contribution in [0.15, 0.2) is 30.3 Å². The predicted molar refractivity (Wildman–Crippen MR) is 80.5 cm³/mol. The molecule has 0 fully saturated rings. The molecule has 6 nitrogen and oxygen atoms in total. The largest absolute Gasteiger partial charge is 0.497 e. The van der Waals surface area contributed by atoms with Gasteiger partial charge in [-0.1, -0.05) is 18.2 Å². The minimum atomic E-state index is -2.22. The molecule has 22 heavy (non-hydrogen) atoms. The van der Waals surface area contributed by atoms with Crippen molar-refractivity contribution in [2.45, 2.75) is 32.0 Å². The van der Waals surface area contributed by atoms with Crippen LogP contribution >= 0.6 is 0 Å². The summed E-state index contributed by atoms with van der Waals surface area (Å²) in [5.41, 5.74) is -1.57. The summed E-state index contributed by atoms with van der Waals surface area (Å²) in [6.07, 6.45) is 1.34. The van der Waals surface area contributed by atoms with Crippen molar-refractivity contribution in [3.63, 3.8) is 0 Å². The van der Waals surface area contributed by atoms with Gasteiger partial charge in [0.2, 0.25) is 0 Å². The van der Waals surface area contributed by atoms with Crippen LogP contribution in [0.4, 0.5) is 0 Å². The van der Waals surface area contributed by atoms with Crippen LogP contribution in [0, 0.1) is 0 Å². The number of carboxylic acids is 1. The normalized spacial score (nSPS) is 13.9. The first-order valence-electron chi connectivity index (χ1n) is 6.75. The average Bonchev–Trinajstić information content (AvgIpc) is 2.44. The first-order chi connectivity index (χ1) is 10.3.